The van der Waals surface area contributed by atoms with Crippen LogP contribution in [0.1, 0.15) is 6.92 Å². The zero-order valence-corrected chi connectivity index (χ0v) is 9.32. The molecule has 0 unspecified atom stereocenters. The molecule has 0 aliphatic heterocycles. The lowest BCUT2D eigenvalue weighted by molar-refractivity contribution is 0.735. The molecule has 0 aliphatic rings. The second-order valence-corrected chi connectivity index (χ2v) is 3.75. The summed E-state index contributed by atoms with van der Waals surface area (Å²) >= 11 is 1.51. The maximum Gasteiger partial charge on any atom is 0.261 e. The quantitative estimate of drug-likeness (QED) is 0.816. The molecule has 0 atom stereocenters. The van der Waals surface area contributed by atoms with Crippen molar-refractivity contribution in [3.63, 3.8) is 0 Å². The summed E-state index contributed by atoms with van der Waals surface area (Å²) in [6, 6.07) is 1.93. The van der Waals surface area contributed by atoms with Gasteiger partial charge in [-0.1, -0.05) is 0 Å². The number of halogens is 1. The molecule has 2 aromatic rings. The largest absolute Gasteiger partial charge is 0.397 e. The van der Waals surface area contributed by atoms with Gasteiger partial charge in [0.05, 0.1) is 11.1 Å². The molecule has 2 heterocycles. The van der Waals surface area contributed by atoms with Gasteiger partial charge in [-0.2, -0.15) is 0 Å². The molecular weight excluding hydrogens is 220 g/mol. The first-order valence-corrected chi connectivity index (χ1v) is 4.98. The van der Waals surface area contributed by atoms with E-state index in [0.717, 1.165) is 4.70 Å². The fourth-order valence-corrected chi connectivity index (χ4v) is 2.19. The van der Waals surface area contributed by atoms with Crippen molar-refractivity contribution in [2.24, 2.45) is 0 Å². The molecule has 0 saturated heterocycles. The monoisotopic (exact) mass is 230 g/mol. The molecule has 3 nitrogen and oxygen atoms in total. The highest BCUT2D eigenvalue weighted by Gasteiger charge is 2.06. The maximum absolute atomic E-state index is 11.7. The summed E-state index contributed by atoms with van der Waals surface area (Å²) in [4.78, 5) is 11.7. The molecule has 0 aliphatic carbocycles. The lowest BCUT2D eigenvalue weighted by Gasteiger charge is -2.00. The Morgan fingerprint density at radius 2 is 2.29 bits per heavy atom. The van der Waals surface area contributed by atoms with Crippen LogP contribution in [0.3, 0.4) is 0 Å². The van der Waals surface area contributed by atoms with E-state index in [9.17, 15) is 4.79 Å². The van der Waals surface area contributed by atoms with Crippen molar-refractivity contribution >= 4 is 39.5 Å². The van der Waals surface area contributed by atoms with Crippen molar-refractivity contribution in [3.05, 3.63) is 28.0 Å². The number of rotatable bonds is 1. The number of nitrogens with two attached hydrogens (primary N) is 1. The lowest BCUT2D eigenvalue weighted by Crippen LogP contribution is -2.18. The van der Waals surface area contributed by atoms with Gasteiger partial charge in [-0.15, -0.1) is 23.7 Å². The normalized spacial score (nSPS) is 10.1. The number of hydrogen-bond donors (Lipinski definition) is 1. The Kier molecular flexibility index (Phi) is 3.18. The van der Waals surface area contributed by atoms with E-state index in [0.29, 0.717) is 17.6 Å². The summed E-state index contributed by atoms with van der Waals surface area (Å²) in [5.41, 5.74) is 6.30. The minimum atomic E-state index is 0. The Bertz CT molecular complexity index is 503. The summed E-state index contributed by atoms with van der Waals surface area (Å²) < 4.78 is 2.62. The summed E-state index contributed by atoms with van der Waals surface area (Å²) in [5, 5.41) is 2.47. The molecule has 0 amide bonds. The fourth-order valence-electron chi connectivity index (χ4n) is 1.36. The van der Waals surface area contributed by atoms with Crippen molar-refractivity contribution in [1.82, 2.24) is 4.57 Å². The van der Waals surface area contributed by atoms with Crippen LogP contribution in [0.25, 0.3) is 10.1 Å². The Morgan fingerprint density at radius 1 is 1.57 bits per heavy atom. The maximum atomic E-state index is 11.7. The molecule has 0 radical (unpaired) electrons. The average molecular weight is 231 g/mol. The van der Waals surface area contributed by atoms with E-state index in [-0.39, 0.29) is 18.0 Å². The first-order valence-electron chi connectivity index (χ1n) is 4.10. The van der Waals surface area contributed by atoms with Crippen molar-refractivity contribution in [2.75, 3.05) is 5.73 Å². The van der Waals surface area contributed by atoms with Crippen LogP contribution in [-0.4, -0.2) is 4.57 Å². The second kappa shape index (κ2) is 4.02. The van der Waals surface area contributed by atoms with Crippen molar-refractivity contribution in [1.29, 1.82) is 0 Å². The predicted octanol–water partition coefficient (Wildman–Crippen LogP) is 2.09. The molecule has 0 bridgehead atoms. The number of aromatic nitrogens is 1. The van der Waals surface area contributed by atoms with Gasteiger partial charge in [-0.3, -0.25) is 4.79 Å². The average Bonchev–Trinajstić information content (AvgIpc) is 2.49. The topological polar surface area (TPSA) is 48.0 Å². The zero-order valence-electron chi connectivity index (χ0n) is 7.69. The molecule has 76 valence electrons. The Labute approximate surface area is 91.6 Å². The summed E-state index contributed by atoms with van der Waals surface area (Å²) in [5.74, 6) is 0. The van der Waals surface area contributed by atoms with E-state index in [1.165, 1.54) is 11.3 Å². The SMILES string of the molecule is CCn1ccc2scc(N)c2c1=O.Cl. The van der Waals surface area contributed by atoms with E-state index in [4.69, 9.17) is 5.73 Å². The molecule has 5 heteroatoms. The summed E-state index contributed by atoms with van der Waals surface area (Å²) in [7, 11) is 0. The highest BCUT2D eigenvalue weighted by Crippen LogP contribution is 2.23. The first kappa shape index (κ1) is 11.1. The van der Waals surface area contributed by atoms with E-state index < -0.39 is 0 Å². The summed E-state index contributed by atoms with van der Waals surface area (Å²) in [6.45, 7) is 2.62. The van der Waals surface area contributed by atoms with Crippen LogP contribution in [0, 0.1) is 0 Å². The van der Waals surface area contributed by atoms with Crippen LogP contribution < -0.4 is 11.3 Å². The molecule has 2 aromatic heterocycles. The highest BCUT2D eigenvalue weighted by molar-refractivity contribution is 7.17. The molecule has 2 N–H and O–H groups in total. The van der Waals surface area contributed by atoms with Gasteiger partial charge in [0.1, 0.15) is 0 Å². The third-order valence-electron chi connectivity index (χ3n) is 2.07. The molecule has 2 rings (SSSR count). The van der Waals surface area contributed by atoms with Gasteiger partial charge in [-0.05, 0) is 13.0 Å². The van der Waals surface area contributed by atoms with Crippen LogP contribution in [0.2, 0.25) is 0 Å². The van der Waals surface area contributed by atoms with Crippen molar-refractivity contribution < 1.29 is 0 Å². The molecule has 0 fully saturated rings. The standard InChI is InChI=1S/C9H10N2OS.ClH/c1-2-11-4-3-7-8(9(11)12)6(10)5-13-7;/h3-5H,2,10H2,1H3;1H. The minimum Gasteiger partial charge on any atom is -0.397 e. The second-order valence-electron chi connectivity index (χ2n) is 2.84. The fraction of sp³-hybridized carbons (Fsp3) is 0.222. The third-order valence-corrected chi connectivity index (χ3v) is 3.04. The van der Waals surface area contributed by atoms with Crippen molar-refractivity contribution in [3.8, 4) is 0 Å². The van der Waals surface area contributed by atoms with Crippen LogP contribution in [-0.2, 0) is 6.54 Å². The molecule has 0 spiro atoms. The minimum absolute atomic E-state index is 0. The van der Waals surface area contributed by atoms with Gasteiger partial charge in [-0.25, -0.2) is 0 Å². The Balaban J connectivity index is 0.000000980. The van der Waals surface area contributed by atoms with Crippen molar-refractivity contribution in [2.45, 2.75) is 13.5 Å². The number of hydrogen-bond acceptors (Lipinski definition) is 3. The van der Waals surface area contributed by atoms with Gasteiger partial charge in [0.25, 0.3) is 5.56 Å². The van der Waals surface area contributed by atoms with E-state index in [1.54, 1.807) is 10.8 Å². The zero-order chi connectivity index (χ0) is 9.42. The van der Waals surface area contributed by atoms with Crippen LogP contribution in [0.15, 0.2) is 22.4 Å². The molecular formula is C9H11ClN2OS. The lowest BCUT2D eigenvalue weighted by atomic mass is 10.3. The highest BCUT2D eigenvalue weighted by atomic mass is 35.5. The van der Waals surface area contributed by atoms with Gasteiger partial charge in [0.2, 0.25) is 0 Å². The molecule has 0 saturated carbocycles. The number of nitrogen functional groups attached to an aromatic ring is 1. The number of aryl methyl sites for hydroxylation is 1. The number of fused-ring (bicyclic) bond motifs is 1. The number of thiophene rings is 1. The number of pyridine rings is 1. The van der Waals surface area contributed by atoms with Gasteiger partial charge in [0, 0.05) is 22.8 Å². The van der Waals surface area contributed by atoms with Gasteiger partial charge in [0.15, 0.2) is 0 Å². The molecule has 14 heavy (non-hydrogen) atoms. The Hall–Kier alpha value is -1.00. The van der Waals surface area contributed by atoms with E-state index in [2.05, 4.69) is 0 Å². The number of nitrogens with zero attached hydrogens (tertiary/aromatic N) is 1. The third kappa shape index (κ3) is 1.51. The Morgan fingerprint density at radius 3 is 2.93 bits per heavy atom. The predicted molar refractivity (Wildman–Crippen MR) is 63.4 cm³/mol. The smallest absolute Gasteiger partial charge is 0.261 e. The molecule has 0 aromatic carbocycles. The first-order chi connectivity index (χ1) is 6.24. The van der Waals surface area contributed by atoms with Crippen LogP contribution >= 0.6 is 23.7 Å². The number of anilines is 1. The van der Waals surface area contributed by atoms with Gasteiger partial charge >= 0.3 is 0 Å². The van der Waals surface area contributed by atoms with Crippen LogP contribution in [0.5, 0.6) is 0 Å². The summed E-state index contributed by atoms with van der Waals surface area (Å²) in [6.07, 6.45) is 1.81. The van der Waals surface area contributed by atoms with E-state index in [1.807, 2.05) is 18.4 Å². The van der Waals surface area contributed by atoms with Crippen LogP contribution in [0.4, 0.5) is 5.69 Å². The van der Waals surface area contributed by atoms with Gasteiger partial charge < -0.3 is 10.3 Å². The van der Waals surface area contributed by atoms with E-state index >= 15 is 0 Å².